The van der Waals surface area contributed by atoms with E-state index in [2.05, 4.69) is 17.2 Å². The molecule has 0 saturated carbocycles. The van der Waals surface area contributed by atoms with E-state index in [9.17, 15) is 14.4 Å². The molecule has 2 rings (SSSR count). The Balaban J connectivity index is 2.35. The highest BCUT2D eigenvalue weighted by Crippen LogP contribution is 2.19. The number of methoxy groups -OCH3 is 1. The molecule has 2 aromatic rings. The first kappa shape index (κ1) is 23.6. The van der Waals surface area contributed by atoms with Crippen molar-refractivity contribution in [2.75, 3.05) is 7.11 Å². The van der Waals surface area contributed by atoms with Gasteiger partial charge in [0.15, 0.2) is 0 Å². The number of ether oxygens (including phenoxy) is 1. The minimum Gasteiger partial charge on any atom is -0.467 e. The van der Waals surface area contributed by atoms with Crippen LogP contribution in [0.2, 0.25) is 5.02 Å². The number of benzene rings is 1. The molecule has 0 bridgehead atoms. The van der Waals surface area contributed by atoms with Gasteiger partial charge in [0.05, 0.1) is 12.8 Å². The van der Waals surface area contributed by atoms with Crippen LogP contribution in [0.15, 0.2) is 35.1 Å². The van der Waals surface area contributed by atoms with Gasteiger partial charge in [-0.3, -0.25) is 14.2 Å². The zero-order valence-corrected chi connectivity index (χ0v) is 18.6. The first-order valence-corrected chi connectivity index (χ1v) is 10.3. The van der Waals surface area contributed by atoms with Crippen molar-refractivity contribution in [1.82, 2.24) is 14.9 Å². The lowest BCUT2D eigenvalue weighted by molar-refractivity contribution is -0.149. The number of aromatic nitrogens is 2. The molecular weight excluding hydrogens is 406 g/mol. The van der Waals surface area contributed by atoms with E-state index in [4.69, 9.17) is 16.3 Å². The van der Waals surface area contributed by atoms with E-state index in [0.717, 1.165) is 24.8 Å². The Labute approximate surface area is 181 Å². The second kappa shape index (κ2) is 10.4. The minimum atomic E-state index is -1.20. The van der Waals surface area contributed by atoms with Crippen LogP contribution in [0, 0.1) is 0 Å². The van der Waals surface area contributed by atoms with E-state index in [0.29, 0.717) is 23.0 Å². The van der Waals surface area contributed by atoms with Crippen molar-refractivity contribution in [1.29, 1.82) is 0 Å². The van der Waals surface area contributed by atoms with Gasteiger partial charge in [-0.15, -0.1) is 0 Å². The molecule has 0 atom stereocenters. The molecule has 0 aliphatic rings. The third kappa shape index (κ3) is 6.16. The number of nitrogens with zero attached hydrogens (tertiary/aromatic N) is 2. The molecule has 1 N–H and O–H groups in total. The van der Waals surface area contributed by atoms with Crippen LogP contribution in [0.5, 0.6) is 0 Å². The number of rotatable bonds is 9. The summed E-state index contributed by atoms with van der Waals surface area (Å²) in [6.07, 6.45) is 3.43. The summed E-state index contributed by atoms with van der Waals surface area (Å²) in [6, 6.07) is 8.49. The van der Waals surface area contributed by atoms with Gasteiger partial charge in [0.1, 0.15) is 17.9 Å². The fourth-order valence-corrected chi connectivity index (χ4v) is 3.18. The monoisotopic (exact) mass is 433 g/mol. The summed E-state index contributed by atoms with van der Waals surface area (Å²) in [5.74, 6) is -0.500. The van der Waals surface area contributed by atoms with Crippen molar-refractivity contribution in [2.45, 2.75) is 58.5 Å². The number of nitrogens with one attached hydrogen (secondary N) is 1. The average Bonchev–Trinajstić information content (AvgIpc) is 2.69. The van der Waals surface area contributed by atoms with E-state index >= 15 is 0 Å². The number of unbranched alkanes of at least 4 members (excludes halogenated alkanes) is 2. The van der Waals surface area contributed by atoms with Gasteiger partial charge in [0.25, 0.3) is 5.56 Å². The largest absolute Gasteiger partial charge is 0.467 e. The third-order valence-electron chi connectivity index (χ3n) is 4.68. The summed E-state index contributed by atoms with van der Waals surface area (Å²) in [6.45, 7) is 4.95. The van der Waals surface area contributed by atoms with E-state index in [-0.39, 0.29) is 12.1 Å². The molecule has 0 aliphatic carbocycles. The minimum absolute atomic E-state index is 0.228. The summed E-state index contributed by atoms with van der Waals surface area (Å²) < 4.78 is 6.07. The van der Waals surface area contributed by atoms with Crippen LogP contribution in [0.25, 0.3) is 11.3 Å². The number of halogens is 1. The number of aryl methyl sites for hydroxylation is 1. The SMILES string of the molecule is CCCCCc1nc(-c2ccc(Cl)cc2)cc(=O)n1CC(=O)NC(C)(C)C(=O)OC. The highest BCUT2D eigenvalue weighted by Gasteiger charge is 2.30. The normalized spacial score (nSPS) is 11.2. The summed E-state index contributed by atoms with van der Waals surface area (Å²) in [4.78, 5) is 41.9. The molecule has 1 aromatic carbocycles. The van der Waals surface area contributed by atoms with Crippen molar-refractivity contribution in [2.24, 2.45) is 0 Å². The van der Waals surface area contributed by atoms with E-state index in [1.54, 1.807) is 38.1 Å². The highest BCUT2D eigenvalue weighted by atomic mass is 35.5. The lowest BCUT2D eigenvalue weighted by Gasteiger charge is -2.23. The quantitative estimate of drug-likeness (QED) is 0.483. The molecule has 162 valence electrons. The van der Waals surface area contributed by atoms with Gasteiger partial charge in [-0.2, -0.15) is 0 Å². The molecule has 0 spiro atoms. The number of hydrogen-bond donors (Lipinski definition) is 1. The molecule has 0 saturated heterocycles. The molecule has 0 aliphatic heterocycles. The molecule has 0 unspecified atom stereocenters. The molecular formula is C22H28ClN3O4. The molecule has 7 nitrogen and oxygen atoms in total. The van der Waals surface area contributed by atoms with E-state index in [1.807, 2.05) is 0 Å². The van der Waals surface area contributed by atoms with E-state index in [1.165, 1.54) is 17.7 Å². The maximum absolute atomic E-state index is 12.9. The number of esters is 1. The van der Waals surface area contributed by atoms with Crippen molar-refractivity contribution in [3.63, 3.8) is 0 Å². The van der Waals surface area contributed by atoms with Gasteiger partial charge < -0.3 is 10.1 Å². The smallest absolute Gasteiger partial charge is 0.330 e. The van der Waals surface area contributed by atoms with Gasteiger partial charge in [0.2, 0.25) is 5.91 Å². The third-order valence-corrected chi connectivity index (χ3v) is 4.93. The summed E-state index contributed by atoms with van der Waals surface area (Å²) in [7, 11) is 1.26. The van der Waals surface area contributed by atoms with Crippen molar-refractivity contribution < 1.29 is 14.3 Å². The fraction of sp³-hybridized carbons (Fsp3) is 0.455. The zero-order chi connectivity index (χ0) is 22.3. The van der Waals surface area contributed by atoms with Crippen LogP contribution in [-0.4, -0.2) is 34.1 Å². The van der Waals surface area contributed by atoms with Gasteiger partial charge in [0, 0.05) is 23.1 Å². The Morgan fingerprint density at radius 2 is 1.87 bits per heavy atom. The first-order chi connectivity index (χ1) is 14.2. The topological polar surface area (TPSA) is 90.3 Å². The number of carbonyl (C=O) groups is 2. The lowest BCUT2D eigenvalue weighted by atomic mass is 10.1. The second-order valence-electron chi connectivity index (χ2n) is 7.61. The van der Waals surface area contributed by atoms with E-state index < -0.39 is 17.4 Å². The van der Waals surface area contributed by atoms with Crippen LogP contribution in [-0.2, 0) is 27.3 Å². The molecule has 8 heteroatoms. The average molecular weight is 434 g/mol. The highest BCUT2D eigenvalue weighted by molar-refractivity contribution is 6.30. The van der Waals surface area contributed by atoms with Crippen molar-refractivity contribution in [3.05, 3.63) is 51.5 Å². The van der Waals surface area contributed by atoms with Gasteiger partial charge in [-0.1, -0.05) is 43.5 Å². The summed E-state index contributed by atoms with van der Waals surface area (Å²) >= 11 is 5.95. The molecule has 0 radical (unpaired) electrons. The Morgan fingerprint density at radius 3 is 2.47 bits per heavy atom. The van der Waals surface area contributed by atoms with Crippen LogP contribution in [0.1, 0.15) is 45.9 Å². The summed E-state index contributed by atoms with van der Waals surface area (Å²) in [5.41, 5.74) is -0.215. The lowest BCUT2D eigenvalue weighted by Crippen LogP contribution is -2.51. The molecule has 1 amide bonds. The molecule has 30 heavy (non-hydrogen) atoms. The maximum atomic E-state index is 12.9. The number of carbonyl (C=O) groups excluding carboxylic acids is 2. The predicted octanol–water partition coefficient (Wildman–Crippen LogP) is 3.36. The standard InChI is InChI=1S/C22H28ClN3O4/c1-5-6-7-8-18-24-17(15-9-11-16(23)12-10-15)13-20(28)26(18)14-19(27)25-22(2,3)21(29)30-4/h9-13H,5-8,14H2,1-4H3,(H,25,27). The van der Waals surface area contributed by atoms with Crippen LogP contribution >= 0.6 is 11.6 Å². The second-order valence-corrected chi connectivity index (χ2v) is 8.05. The van der Waals surface area contributed by atoms with Crippen LogP contribution < -0.4 is 10.9 Å². The van der Waals surface area contributed by atoms with Gasteiger partial charge >= 0.3 is 5.97 Å². The first-order valence-electron chi connectivity index (χ1n) is 9.94. The number of hydrogen-bond acceptors (Lipinski definition) is 5. The molecule has 0 fully saturated rings. The van der Waals surface area contributed by atoms with Crippen LogP contribution in [0.3, 0.4) is 0 Å². The number of amides is 1. The Morgan fingerprint density at radius 1 is 1.20 bits per heavy atom. The predicted molar refractivity (Wildman–Crippen MR) is 116 cm³/mol. The maximum Gasteiger partial charge on any atom is 0.330 e. The van der Waals surface area contributed by atoms with Crippen LogP contribution in [0.4, 0.5) is 0 Å². The summed E-state index contributed by atoms with van der Waals surface area (Å²) in [5, 5.41) is 3.21. The van der Waals surface area contributed by atoms with Crippen molar-refractivity contribution in [3.8, 4) is 11.3 Å². The van der Waals surface area contributed by atoms with Crippen molar-refractivity contribution >= 4 is 23.5 Å². The molecule has 1 aromatic heterocycles. The van der Waals surface area contributed by atoms with Gasteiger partial charge in [-0.05, 0) is 32.4 Å². The zero-order valence-electron chi connectivity index (χ0n) is 17.8. The van der Waals surface area contributed by atoms with Gasteiger partial charge in [-0.25, -0.2) is 9.78 Å². The molecule has 1 heterocycles. The fourth-order valence-electron chi connectivity index (χ4n) is 3.05. The Bertz CT molecular complexity index is 952. The Hall–Kier alpha value is -2.67. The Kier molecular flexibility index (Phi) is 8.17.